The summed E-state index contributed by atoms with van der Waals surface area (Å²) in [5, 5.41) is 3.06. The van der Waals surface area contributed by atoms with Gasteiger partial charge in [0, 0.05) is 6.54 Å². The third kappa shape index (κ3) is 5.67. The fraction of sp³-hybridized carbons (Fsp3) is 0.733. The lowest BCUT2D eigenvalue weighted by atomic mass is 9.43. The molecule has 2 heterocycles. The van der Waals surface area contributed by atoms with Gasteiger partial charge in [-0.1, -0.05) is 51.1 Å². The lowest BCUT2D eigenvalue weighted by molar-refractivity contribution is -0.199. The minimum atomic E-state index is -0.582. The van der Waals surface area contributed by atoms with E-state index < -0.39 is 24.8 Å². The highest BCUT2D eigenvalue weighted by Gasteiger charge is 2.68. The van der Waals surface area contributed by atoms with Crippen molar-refractivity contribution in [1.29, 1.82) is 0 Å². The molecule has 3 aliphatic carbocycles. The fourth-order valence-corrected chi connectivity index (χ4v) is 7.37. The molecule has 8 nitrogen and oxygen atoms in total. The van der Waals surface area contributed by atoms with Crippen LogP contribution in [0.4, 0.5) is 9.59 Å². The van der Waals surface area contributed by atoms with Gasteiger partial charge in [0.15, 0.2) is 0 Å². The zero-order valence-electron chi connectivity index (χ0n) is 24.6. The minimum absolute atomic E-state index is 0.0257. The monoisotopic (exact) mass is 540 g/mol. The van der Waals surface area contributed by atoms with E-state index in [4.69, 9.17) is 18.8 Å². The van der Waals surface area contributed by atoms with Crippen LogP contribution >= 0.6 is 0 Å². The molecule has 2 aliphatic heterocycles. The molecular weight excluding hydrogens is 495 g/mol. The van der Waals surface area contributed by atoms with Crippen LogP contribution in [0.15, 0.2) is 30.3 Å². The topological polar surface area (TPSA) is 86.3 Å². The Bertz CT molecular complexity index is 1060. The molecule has 2 bridgehead atoms. The molecule has 2 amide bonds. The number of carbonyl (C=O) groups excluding carboxylic acids is 2. The van der Waals surface area contributed by atoms with Crippen LogP contribution in [-0.4, -0.2) is 66.6 Å². The van der Waals surface area contributed by atoms with E-state index in [9.17, 15) is 9.59 Å². The predicted octanol–water partition coefficient (Wildman–Crippen LogP) is 5.24. The first kappa shape index (κ1) is 28.3. The van der Waals surface area contributed by atoms with Crippen LogP contribution in [0.5, 0.6) is 0 Å². The van der Waals surface area contributed by atoms with Gasteiger partial charge < -0.3 is 29.0 Å². The Kier molecular flexibility index (Phi) is 7.46. The quantitative estimate of drug-likeness (QED) is 0.497. The molecule has 0 unspecified atom stereocenters. The van der Waals surface area contributed by atoms with Crippen molar-refractivity contribution in [2.75, 3.05) is 13.2 Å². The maximum absolute atomic E-state index is 13.1. The first-order valence-electron chi connectivity index (χ1n) is 14.6. The molecule has 0 radical (unpaired) electrons. The molecule has 0 spiro atoms. The Hall–Kier alpha value is -2.26. The zero-order valence-corrected chi connectivity index (χ0v) is 24.6. The Morgan fingerprint density at radius 3 is 2.54 bits per heavy atom. The third-order valence-corrected chi connectivity index (χ3v) is 9.56. The summed E-state index contributed by atoms with van der Waals surface area (Å²) in [5.41, 5.74) is 0.377. The van der Waals surface area contributed by atoms with Crippen molar-refractivity contribution < 1.29 is 28.4 Å². The van der Waals surface area contributed by atoms with Gasteiger partial charge in [-0.15, -0.1) is 0 Å². The average Bonchev–Trinajstić information content (AvgIpc) is 3.41. The summed E-state index contributed by atoms with van der Waals surface area (Å²) >= 11 is 0. The summed E-state index contributed by atoms with van der Waals surface area (Å²) < 4.78 is 24.5. The Balaban J connectivity index is 1.24. The van der Waals surface area contributed by atoms with Crippen molar-refractivity contribution in [3.63, 3.8) is 0 Å². The third-order valence-electron chi connectivity index (χ3n) is 9.56. The molecule has 214 valence electrons. The van der Waals surface area contributed by atoms with Crippen LogP contribution in [0.1, 0.15) is 73.3 Å². The highest BCUT2D eigenvalue weighted by Crippen LogP contribution is 2.65. The molecule has 1 N–H and O–H groups in total. The predicted molar refractivity (Wildman–Crippen MR) is 149 cm³/mol. The molecule has 0 aromatic heterocycles. The number of carbonyl (C=O) groups is 2. The number of ether oxygens (including phenoxy) is 2. The van der Waals surface area contributed by atoms with Gasteiger partial charge in [-0.2, -0.15) is 0 Å². The smallest absolute Gasteiger partial charge is 0.447 e. The minimum Gasteiger partial charge on any atom is -0.447 e. The number of nitrogens with one attached hydrogen (secondary N) is 1. The van der Waals surface area contributed by atoms with Crippen LogP contribution in [0, 0.1) is 23.2 Å². The van der Waals surface area contributed by atoms with Gasteiger partial charge in [-0.25, -0.2) is 9.59 Å². The average molecular weight is 541 g/mol. The van der Waals surface area contributed by atoms with Crippen molar-refractivity contribution >= 4 is 19.3 Å². The van der Waals surface area contributed by atoms with E-state index in [1.54, 1.807) is 4.90 Å². The van der Waals surface area contributed by atoms with Gasteiger partial charge in [0.1, 0.15) is 12.2 Å². The zero-order chi connectivity index (χ0) is 28.2. The maximum atomic E-state index is 13.1. The second kappa shape index (κ2) is 10.3. The van der Waals surface area contributed by atoms with E-state index in [1.165, 1.54) is 6.42 Å². The molecule has 39 heavy (non-hydrogen) atoms. The molecule has 6 rings (SSSR count). The second-order valence-corrected chi connectivity index (χ2v) is 14.0. The van der Waals surface area contributed by atoms with Gasteiger partial charge in [0.25, 0.3) is 0 Å². The molecule has 5 fully saturated rings. The number of benzene rings is 1. The van der Waals surface area contributed by atoms with E-state index in [-0.39, 0.29) is 35.9 Å². The summed E-state index contributed by atoms with van der Waals surface area (Å²) in [5.74, 6) is 0.980. The first-order chi connectivity index (χ1) is 18.3. The van der Waals surface area contributed by atoms with Crippen molar-refractivity contribution in [2.24, 2.45) is 23.2 Å². The van der Waals surface area contributed by atoms with Crippen LogP contribution in [-0.2, 0) is 25.2 Å². The molecule has 3 saturated carbocycles. The Morgan fingerprint density at radius 2 is 1.87 bits per heavy atom. The first-order valence-corrected chi connectivity index (χ1v) is 14.6. The lowest BCUT2D eigenvalue weighted by Gasteiger charge is -2.64. The van der Waals surface area contributed by atoms with Crippen LogP contribution in [0.3, 0.4) is 0 Å². The number of alkyl carbamates (subject to hydrolysis) is 1. The van der Waals surface area contributed by atoms with E-state index in [2.05, 4.69) is 33.0 Å². The van der Waals surface area contributed by atoms with Crippen molar-refractivity contribution in [1.82, 2.24) is 10.2 Å². The second-order valence-electron chi connectivity index (χ2n) is 14.0. The highest BCUT2D eigenvalue weighted by molar-refractivity contribution is 6.47. The number of likely N-dealkylation sites (tertiary alicyclic amines) is 1. The normalized spacial score (nSPS) is 33.7. The summed E-state index contributed by atoms with van der Waals surface area (Å²) in [7, 11) is -0.562. The van der Waals surface area contributed by atoms with Gasteiger partial charge in [0.2, 0.25) is 0 Å². The molecule has 5 aliphatic rings. The Morgan fingerprint density at radius 1 is 1.15 bits per heavy atom. The lowest BCUT2D eigenvalue weighted by Crippen LogP contribution is -2.65. The number of rotatable bonds is 6. The van der Waals surface area contributed by atoms with Crippen molar-refractivity contribution in [3.8, 4) is 0 Å². The number of hydrogen-bond donors (Lipinski definition) is 1. The van der Waals surface area contributed by atoms with Gasteiger partial charge in [0.05, 0.1) is 23.7 Å². The van der Waals surface area contributed by atoms with E-state index in [0.717, 1.165) is 18.4 Å². The molecule has 9 heteroatoms. The number of hydrogen-bond acceptors (Lipinski definition) is 6. The largest absolute Gasteiger partial charge is 0.482 e. The van der Waals surface area contributed by atoms with E-state index in [0.29, 0.717) is 30.7 Å². The SMILES string of the molecule is C[C@H]1C[C@@H](COC(=O)N[C@@H](Cc2ccccc2)B2O[C@@H]3C[C@@H]4C[C@@H](C4(C)C)[C@]3(C)O2)N(C(=O)OC(C)(C)C)C1. The van der Waals surface area contributed by atoms with Crippen molar-refractivity contribution in [2.45, 2.75) is 103 Å². The summed E-state index contributed by atoms with van der Waals surface area (Å²) in [6, 6.07) is 9.83. The summed E-state index contributed by atoms with van der Waals surface area (Å²) in [6.07, 6.45) is 2.60. The summed E-state index contributed by atoms with van der Waals surface area (Å²) in [6.45, 7) is 15.2. The maximum Gasteiger partial charge on any atom is 0.482 e. The molecule has 7 atom stereocenters. The fourth-order valence-electron chi connectivity index (χ4n) is 7.37. The highest BCUT2D eigenvalue weighted by atomic mass is 16.7. The number of amides is 2. The van der Waals surface area contributed by atoms with Crippen LogP contribution < -0.4 is 5.32 Å². The standard InChI is InChI=1S/C30H45BN2O6/c1-19-13-22(33(17-19)27(35)37-28(2,3)4)18-36-26(34)32-25(14-20-11-9-8-10-12-20)31-38-24-16-21-15-23(29(21,5)6)30(24,7)39-31/h8-12,19,21-25H,13-18H2,1-7H3,(H,32,34)/t19-,21-,22-,23-,24+,25-,30-/m0/s1. The summed E-state index contributed by atoms with van der Waals surface area (Å²) in [4.78, 5) is 27.6. The molecule has 1 aromatic rings. The van der Waals surface area contributed by atoms with Crippen LogP contribution in [0.2, 0.25) is 0 Å². The van der Waals surface area contributed by atoms with E-state index in [1.807, 2.05) is 51.1 Å². The van der Waals surface area contributed by atoms with Crippen molar-refractivity contribution in [3.05, 3.63) is 35.9 Å². The van der Waals surface area contributed by atoms with Gasteiger partial charge in [-0.3, -0.25) is 0 Å². The van der Waals surface area contributed by atoms with Gasteiger partial charge >= 0.3 is 19.3 Å². The molecule has 2 saturated heterocycles. The molecule has 1 aromatic carbocycles. The van der Waals surface area contributed by atoms with Gasteiger partial charge in [-0.05, 0) is 82.1 Å². The van der Waals surface area contributed by atoms with E-state index >= 15 is 0 Å². The Labute approximate surface area is 233 Å². The van der Waals surface area contributed by atoms with Crippen LogP contribution in [0.25, 0.3) is 0 Å². The molecular formula is C30H45BN2O6. The number of nitrogens with zero attached hydrogens (tertiary/aromatic N) is 1.